The van der Waals surface area contributed by atoms with Gasteiger partial charge in [-0.3, -0.25) is 4.90 Å². The summed E-state index contributed by atoms with van der Waals surface area (Å²) in [5.74, 6) is 1.01. The van der Waals surface area contributed by atoms with Crippen molar-refractivity contribution in [3.05, 3.63) is 18.3 Å². The van der Waals surface area contributed by atoms with Gasteiger partial charge in [0.1, 0.15) is 5.82 Å². The lowest BCUT2D eigenvalue weighted by Gasteiger charge is -2.36. The van der Waals surface area contributed by atoms with E-state index in [0.29, 0.717) is 17.5 Å². The Hall–Kier alpha value is -1.80. The molecule has 2 aliphatic rings. The Bertz CT molecular complexity index is 492. The molecule has 3 rings (SSSR count). The van der Waals surface area contributed by atoms with Crippen molar-refractivity contribution in [2.45, 2.75) is 19.3 Å². The molecule has 1 saturated carbocycles. The number of pyridine rings is 1. The highest BCUT2D eigenvalue weighted by atomic mass is 15.3. The van der Waals surface area contributed by atoms with Crippen LogP contribution in [0.3, 0.4) is 0 Å². The Morgan fingerprint density at radius 3 is 2.55 bits per heavy atom. The van der Waals surface area contributed by atoms with Gasteiger partial charge in [-0.25, -0.2) is 4.98 Å². The maximum Gasteiger partial charge on any atom is 0.128 e. The third-order valence-electron chi connectivity index (χ3n) is 4.44. The molecule has 2 fully saturated rings. The molecule has 1 aliphatic carbocycles. The highest BCUT2D eigenvalue weighted by Gasteiger charge is 2.43. The van der Waals surface area contributed by atoms with Gasteiger partial charge in [-0.2, -0.15) is 5.26 Å². The van der Waals surface area contributed by atoms with Crippen molar-refractivity contribution >= 4 is 11.5 Å². The van der Waals surface area contributed by atoms with E-state index in [1.807, 2.05) is 12.1 Å². The number of nitrogens with two attached hydrogens (primary N) is 1. The Morgan fingerprint density at radius 2 is 2.00 bits per heavy atom. The summed E-state index contributed by atoms with van der Waals surface area (Å²) in [6.45, 7) is 5.20. The minimum atomic E-state index is 0.316. The molecule has 106 valence electrons. The van der Waals surface area contributed by atoms with E-state index in [9.17, 15) is 0 Å². The van der Waals surface area contributed by atoms with Gasteiger partial charge >= 0.3 is 0 Å². The van der Waals surface area contributed by atoms with Gasteiger partial charge in [0.2, 0.25) is 0 Å². The Morgan fingerprint density at radius 1 is 1.25 bits per heavy atom. The first-order valence-electron chi connectivity index (χ1n) is 7.27. The zero-order chi connectivity index (χ0) is 14.0. The third kappa shape index (κ3) is 2.86. The first kappa shape index (κ1) is 13.2. The number of hydrogen-bond donors (Lipinski definition) is 1. The number of nitriles is 1. The normalized spacial score (nSPS) is 21.4. The van der Waals surface area contributed by atoms with E-state index in [0.717, 1.165) is 38.5 Å². The van der Waals surface area contributed by atoms with Gasteiger partial charge < -0.3 is 10.6 Å². The minimum absolute atomic E-state index is 0.316. The van der Waals surface area contributed by atoms with Crippen molar-refractivity contribution in [2.24, 2.45) is 5.41 Å². The molecule has 0 aromatic carbocycles. The molecule has 0 bridgehead atoms. The zero-order valence-electron chi connectivity index (χ0n) is 11.8. The Balaban J connectivity index is 1.52. The summed E-state index contributed by atoms with van der Waals surface area (Å²) < 4.78 is 0. The summed E-state index contributed by atoms with van der Waals surface area (Å²) in [5, 5.41) is 8.89. The van der Waals surface area contributed by atoms with Crippen LogP contribution < -0.4 is 10.6 Å². The lowest BCUT2D eigenvalue weighted by molar-refractivity contribution is 0.209. The second-order valence-corrected chi connectivity index (χ2v) is 6.05. The third-order valence-corrected chi connectivity index (χ3v) is 4.44. The first-order chi connectivity index (χ1) is 9.71. The van der Waals surface area contributed by atoms with Crippen LogP contribution in [0.5, 0.6) is 0 Å². The summed E-state index contributed by atoms with van der Waals surface area (Å²) in [6, 6.07) is 6.23. The molecule has 1 aromatic rings. The SMILES string of the molecule is N#CCC1(CN2CCN(c3ccc(N)cn3)CC2)CC1. The molecule has 1 aliphatic heterocycles. The average Bonchev–Trinajstić information content (AvgIpc) is 3.21. The quantitative estimate of drug-likeness (QED) is 0.898. The number of rotatable bonds is 4. The molecule has 0 spiro atoms. The van der Waals surface area contributed by atoms with Crippen LogP contribution in [0.4, 0.5) is 11.5 Å². The standard InChI is InChI=1S/C15H21N5/c16-6-5-15(3-4-15)12-19-7-9-20(10-8-19)14-2-1-13(17)11-18-14/h1-2,11H,3-5,7-10,12,17H2. The van der Waals surface area contributed by atoms with E-state index in [4.69, 9.17) is 11.0 Å². The van der Waals surface area contributed by atoms with E-state index in [-0.39, 0.29) is 0 Å². The number of nitrogen functional groups attached to an aromatic ring is 1. The second-order valence-electron chi connectivity index (χ2n) is 6.05. The van der Waals surface area contributed by atoms with Crippen molar-refractivity contribution in [3.8, 4) is 6.07 Å². The summed E-state index contributed by atoms with van der Waals surface area (Å²) in [7, 11) is 0. The van der Waals surface area contributed by atoms with Crippen molar-refractivity contribution in [2.75, 3.05) is 43.4 Å². The molecule has 2 N–H and O–H groups in total. The second kappa shape index (κ2) is 5.29. The lowest BCUT2D eigenvalue weighted by atomic mass is 10.0. The molecular formula is C15H21N5. The largest absolute Gasteiger partial charge is 0.397 e. The minimum Gasteiger partial charge on any atom is -0.397 e. The predicted molar refractivity (Wildman–Crippen MR) is 79.2 cm³/mol. The molecule has 1 saturated heterocycles. The van der Waals surface area contributed by atoms with Crippen LogP contribution in [0.25, 0.3) is 0 Å². The van der Waals surface area contributed by atoms with Crippen LogP contribution in [0.1, 0.15) is 19.3 Å². The monoisotopic (exact) mass is 271 g/mol. The van der Waals surface area contributed by atoms with Crippen LogP contribution in [0.2, 0.25) is 0 Å². The van der Waals surface area contributed by atoms with E-state index in [1.165, 1.54) is 12.8 Å². The highest BCUT2D eigenvalue weighted by Crippen LogP contribution is 2.49. The smallest absolute Gasteiger partial charge is 0.128 e. The summed E-state index contributed by atoms with van der Waals surface area (Å²) in [5.41, 5.74) is 6.69. The van der Waals surface area contributed by atoms with E-state index in [2.05, 4.69) is 20.9 Å². The van der Waals surface area contributed by atoms with Crippen LogP contribution in [-0.2, 0) is 0 Å². The molecule has 5 nitrogen and oxygen atoms in total. The van der Waals surface area contributed by atoms with Gasteiger partial charge in [0.25, 0.3) is 0 Å². The van der Waals surface area contributed by atoms with E-state index in [1.54, 1.807) is 6.20 Å². The van der Waals surface area contributed by atoms with E-state index >= 15 is 0 Å². The summed E-state index contributed by atoms with van der Waals surface area (Å²) in [6.07, 6.45) is 4.88. The van der Waals surface area contributed by atoms with Crippen LogP contribution >= 0.6 is 0 Å². The van der Waals surface area contributed by atoms with Crippen molar-refractivity contribution < 1.29 is 0 Å². The number of hydrogen-bond acceptors (Lipinski definition) is 5. The number of anilines is 2. The maximum absolute atomic E-state index is 8.89. The van der Waals surface area contributed by atoms with Gasteiger partial charge in [-0.15, -0.1) is 0 Å². The Labute approximate surface area is 120 Å². The number of nitrogens with zero attached hydrogens (tertiary/aromatic N) is 4. The van der Waals surface area contributed by atoms with Crippen molar-refractivity contribution in [3.63, 3.8) is 0 Å². The maximum atomic E-state index is 8.89. The average molecular weight is 271 g/mol. The lowest BCUT2D eigenvalue weighted by Crippen LogP contribution is -2.48. The molecule has 0 amide bonds. The molecular weight excluding hydrogens is 250 g/mol. The number of piperazine rings is 1. The van der Waals surface area contributed by atoms with Crippen LogP contribution in [-0.4, -0.2) is 42.6 Å². The van der Waals surface area contributed by atoms with Gasteiger partial charge in [0, 0.05) is 39.1 Å². The van der Waals surface area contributed by atoms with Crippen molar-refractivity contribution in [1.82, 2.24) is 9.88 Å². The molecule has 0 radical (unpaired) electrons. The summed E-state index contributed by atoms with van der Waals surface area (Å²) in [4.78, 5) is 9.19. The topological polar surface area (TPSA) is 69.2 Å². The van der Waals surface area contributed by atoms with Gasteiger partial charge in [0.05, 0.1) is 18.0 Å². The highest BCUT2D eigenvalue weighted by molar-refractivity contribution is 5.46. The fourth-order valence-corrected chi connectivity index (χ4v) is 2.93. The first-order valence-corrected chi connectivity index (χ1v) is 7.27. The molecule has 0 unspecified atom stereocenters. The molecule has 0 atom stereocenters. The fourth-order valence-electron chi connectivity index (χ4n) is 2.93. The van der Waals surface area contributed by atoms with Gasteiger partial charge in [-0.1, -0.05) is 0 Å². The zero-order valence-corrected chi connectivity index (χ0v) is 11.8. The number of aromatic nitrogens is 1. The van der Waals surface area contributed by atoms with Gasteiger partial charge in [-0.05, 0) is 30.4 Å². The molecule has 20 heavy (non-hydrogen) atoms. The fraction of sp³-hybridized carbons (Fsp3) is 0.600. The summed E-state index contributed by atoms with van der Waals surface area (Å²) >= 11 is 0. The molecule has 1 aromatic heterocycles. The van der Waals surface area contributed by atoms with Crippen molar-refractivity contribution in [1.29, 1.82) is 5.26 Å². The van der Waals surface area contributed by atoms with Gasteiger partial charge in [0.15, 0.2) is 0 Å². The predicted octanol–water partition coefficient (Wildman–Crippen LogP) is 1.48. The molecule has 5 heteroatoms. The van der Waals surface area contributed by atoms with E-state index < -0.39 is 0 Å². The van der Waals surface area contributed by atoms with Crippen LogP contribution in [0.15, 0.2) is 18.3 Å². The molecule has 2 heterocycles. The van der Waals surface area contributed by atoms with Crippen LogP contribution in [0, 0.1) is 16.7 Å². The Kier molecular flexibility index (Phi) is 3.49.